The third-order valence-electron chi connectivity index (χ3n) is 6.14. The Hall–Kier alpha value is -3.83. The van der Waals surface area contributed by atoms with E-state index in [2.05, 4.69) is 0 Å². The van der Waals surface area contributed by atoms with Crippen LogP contribution in [0.25, 0.3) is 33.3 Å². The van der Waals surface area contributed by atoms with E-state index in [0.29, 0.717) is 17.0 Å². The summed E-state index contributed by atoms with van der Waals surface area (Å²) in [5.41, 5.74) is 5.98. The van der Waals surface area contributed by atoms with Gasteiger partial charge < -0.3 is 4.74 Å². The molecule has 0 spiro atoms. The highest BCUT2D eigenvalue weighted by atomic mass is 32.2. The number of nitrogens with zero attached hydrogens (tertiary/aromatic N) is 1. The van der Waals surface area contributed by atoms with Crippen molar-refractivity contribution in [2.75, 3.05) is 7.11 Å². The van der Waals surface area contributed by atoms with Crippen LogP contribution in [0.5, 0.6) is 5.75 Å². The van der Waals surface area contributed by atoms with E-state index in [0.717, 1.165) is 33.2 Å². The van der Waals surface area contributed by atoms with Gasteiger partial charge in [-0.05, 0) is 67.4 Å². The molecule has 5 aromatic rings. The predicted octanol–water partition coefficient (Wildman–Crippen LogP) is 6.84. The smallest absolute Gasteiger partial charge is 0.268 e. The Labute approximate surface area is 200 Å². The van der Waals surface area contributed by atoms with Crippen LogP contribution in [0.1, 0.15) is 11.1 Å². The molecule has 34 heavy (non-hydrogen) atoms. The standard InChI is InChI=1S/C29H25NO3S/c1-20-12-18-25(19-13-20)34(31,32)30-26-11-7-8-21(2)27(26)28(22-9-5-4-6-10-22)29(30)23-14-16-24(33-3)17-15-23/h4-19H,1-3H3. The zero-order chi connectivity index (χ0) is 23.9. The second-order valence-electron chi connectivity index (χ2n) is 8.37. The Morgan fingerprint density at radius 3 is 2.03 bits per heavy atom. The molecule has 0 aliphatic rings. The van der Waals surface area contributed by atoms with Crippen LogP contribution in [0.4, 0.5) is 0 Å². The van der Waals surface area contributed by atoms with Crippen LogP contribution in [0.3, 0.4) is 0 Å². The first-order valence-corrected chi connectivity index (χ1v) is 12.5. The maximum absolute atomic E-state index is 14.2. The molecule has 0 saturated carbocycles. The zero-order valence-electron chi connectivity index (χ0n) is 19.3. The van der Waals surface area contributed by atoms with Gasteiger partial charge in [-0.15, -0.1) is 0 Å². The number of aryl methyl sites for hydroxylation is 2. The molecule has 5 heteroatoms. The fraction of sp³-hybridized carbons (Fsp3) is 0.103. The molecule has 4 nitrogen and oxygen atoms in total. The molecule has 0 radical (unpaired) electrons. The van der Waals surface area contributed by atoms with Crippen molar-refractivity contribution in [2.45, 2.75) is 18.7 Å². The van der Waals surface area contributed by atoms with Gasteiger partial charge in [-0.25, -0.2) is 12.4 Å². The van der Waals surface area contributed by atoms with Gasteiger partial charge in [0.1, 0.15) is 5.75 Å². The van der Waals surface area contributed by atoms with Crippen LogP contribution >= 0.6 is 0 Å². The molecule has 1 aromatic heterocycles. The molecule has 0 bridgehead atoms. The molecule has 0 saturated heterocycles. The number of rotatable bonds is 5. The molecular weight excluding hydrogens is 442 g/mol. The minimum atomic E-state index is -3.90. The zero-order valence-corrected chi connectivity index (χ0v) is 20.1. The van der Waals surface area contributed by atoms with Gasteiger partial charge in [-0.1, -0.05) is 60.2 Å². The summed E-state index contributed by atoms with van der Waals surface area (Å²) in [4.78, 5) is 0.255. The number of ether oxygens (including phenoxy) is 1. The highest BCUT2D eigenvalue weighted by Crippen LogP contribution is 2.44. The number of benzene rings is 4. The van der Waals surface area contributed by atoms with Crippen molar-refractivity contribution in [1.82, 2.24) is 3.97 Å². The van der Waals surface area contributed by atoms with Crippen LogP contribution in [0.2, 0.25) is 0 Å². The number of fused-ring (bicyclic) bond motifs is 1. The summed E-state index contributed by atoms with van der Waals surface area (Å²) >= 11 is 0. The topological polar surface area (TPSA) is 48.3 Å². The second-order valence-corrected chi connectivity index (χ2v) is 10.2. The summed E-state index contributed by atoms with van der Waals surface area (Å²) < 4.78 is 35.2. The van der Waals surface area contributed by atoms with E-state index < -0.39 is 10.0 Å². The van der Waals surface area contributed by atoms with Crippen molar-refractivity contribution in [1.29, 1.82) is 0 Å². The van der Waals surface area contributed by atoms with Gasteiger partial charge in [0.2, 0.25) is 0 Å². The molecule has 170 valence electrons. The van der Waals surface area contributed by atoms with Crippen molar-refractivity contribution < 1.29 is 13.2 Å². The number of aromatic nitrogens is 1. The maximum atomic E-state index is 14.2. The lowest BCUT2D eigenvalue weighted by Gasteiger charge is -2.14. The van der Waals surface area contributed by atoms with Crippen molar-refractivity contribution in [3.05, 3.63) is 108 Å². The number of methoxy groups -OCH3 is 1. The first-order valence-electron chi connectivity index (χ1n) is 11.1. The molecule has 0 amide bonds. The summed E-state index contributed by atoms with van der Waals surface area (Å²) in [6.45, 7) is 3.97. The van der Waals surface area contributed by atoms with Crippen LogP contribution < -0.4 is 4.74 Å². The fourth-order valence-electron chi connectivity index (χ4n) is 4.45. The maximum Gasteiger partial charge on any atom is 0.268 e. The van der Waals surface area contributed by atoms with Gasteiger partial charge in [0.15, 0.2) is 0 Å². The molecule has 0 atom stereocenters. The van der Waals surface area contributed by atoms with Crippen LogP contribution in [-0.2, 0) is 10.0 Å². The van der Waals surface area contributed by atoms with Gasteiger partial charge >= 0.3 is 0 Å². The van der Waals surface area contributed by atoms with Crippen LogP contribution in [0, 0.1) is 13.8 Å². The summed E-state index contributed by atoms with van der Waals surface area (Å²) in [5, 5.41) is 0.926. The molecule has 0 N–H and O–H groups in total. The average Bonchev–Trinajstić information content (AvgIpc) is 3.22. The van der Waals surface area contributed by atoms with Gasteiger partial charge in [-0.2, -0.15) is 0 Å². The second kappa shape index (κ2) is 8.50. The van der Waals surface area contributed by atoms with E-state index in [-0.39, 0.29) is 4.90 Å². The molecule has 5 rings (SSSR count). The first kappa shape index (κ1) is 22.0. The molecule has 4 aromatic carbocycles. The van der Waals surface area contributed by atoms with Gasteiger partial charge in [0, 0.05) is 16.5 Å². The van der Waals surface area contributed by atoms with Crippen molar-refractivity contribution in [3.63, 3.8) is 0 Å². The first-order chi connectivity index (χ1) is 16.4. The Morgan fingerprint density at radius 2 is 1.38 bits per heavy atom. The molecule has 0 aliphatic heterocycles. The molecule has 0 unspecified atom stereocenters. The summed E-state index contributed by atoms with van der Waals surface area (Å²) in [6, 6.07) is 30.3. The SMILES string of the molecule is COc1ccc(-c2c(-c3ccccc3)c3c(C)cccc3n2S(=O)(=O)c2ccc(C)cc2)cc1. The normalized spacial score (nSPS) is 11.6. The molecule has 0 fully saturated rings. The van der Waals surface area contributed by atoms with Gasteiger partial charge in [-0.3, -0.25) is 0 Å². The predicted molar refractivity (Wildman–Crippen MR) is 138 cm³/mol. The highest BCUT2D eigenvalue weighted by molar-refractivity contribution is 7.90. The molecule has 1 heterocycles. The Balaban J connectivity index is 1.95. The minimum Gasteiger partial charge on any atom is -0.497 e. The van der Waals surface area contributed by atoms with Crippen LogP contribution in [0.15, 0.2) is 102 Å². The van der Waals surface area contributed by atoms with Crippen molar-refractivity contribution in [2.24, 2.45) is 0 Å². The fourth-order valence-corrected chi connectivity index (χ4v) is 5.99. The van der Waals surface area contributed by atoms with Gasteiger partial charge in [0.05, 0.1) is 23.2 Å². The lowest BCUT2D eigenvalue weighted by molar-refractivity contribution is 0.415. The van der Waals surface area contributed by atoms with E-state index >= 15 is 0 Å². The summed E-state index contributed by atoms with van der Waals surface area (Å²) in [5.74, 6) is 0.713. The largest absolute Gasteiger partial charge is 0.497 e. The van der Waals surface area contributed by atoms with Crippen molar-refractivity contribution >= 4 is 20.9 Å². The summed E-state index contributed by atoms with van der Waals surface area (Å²) in [7, 11) is -2.28. The average molecular weight is 468 g/mol. The Kier molecular flexibility index (Phi) is 5.50. The monoisotopic (exact) mass is 467 g/mol. The minimum absolute atomic E-state index is 0.255. The van der Waals surface area contributed by atoms with Crippen LogP contribution in [-0.4, -0.2) is 19.5 Å². The highest BCUT2D eigenvalue weighted by Gasteiger charge is 2.29. The third-order valence-corrected chi connectivity index (χ3v) is 7.87. The van der Waals surface area contributed by atoms with Crippen molar-refractivity contribution in [3.8, 4) is 28.1 Å². The van der Waals surface area contributed by atoms with E-state index in [1.807, 2.05) is 98.8 Å². The Morgan fingerprint density at radius 1 is 0.706 bits per heavy atom. The molecule has 0 aliphatic carbocycles. The quantitative estimate of drug-likeness (QED) is 0.284. The van der Waals surface area contributed by atoms with E-state index in [9.17, 15) is 8.42 Å². The van der Waals surface area contributed by atoms with E-state index in [1.54, 1.807) is 19.2 Å². The Bertz CT molecular complexity index is 1580. The van der Waals surface area contributed by atoms with E-state index in [1.165, 1.54) is 3.97 Å². The van der Waals surface area contributed by atoms with Gasteiger partial charge in [0.25, 0.3) is 10.0 Å². The third kappa shape index (κ3) is 3.58. The number of hydrogen-bond donors (Lipinski definition) is 0. The number of hydrogen-bond acceptors (Lipinski definition) is 3. The summed E-state index contributed by atoms with van der Waals surface area (Å²) in [6.07, 6.45) is 0. The molecular formula is C29H25NO3S. The lowest BCUT2D eigenvalue weighted by Crippen LogP contribution is -2.14. The lowest BCUT2D eigenvalue weighted by atomic mass is 9.96. The van der Waals surface area contributed by atoms with E-state index in [4.69, 9.17) is 4.74 Å².